The molecular weight excluding hydrogens is 458 g/mol. The summed E-state index contributed by atoms with van der Waals surface area (Å²) in [5.41, 5.74) is 1.71. The van der Waals surface area contributed by atoms with Gasteiger partial charge >= 0.3 is 0 Å². The van der Waals surface area contributed by atoms with Gasteiger partial charge in [-0.15, -0.1) is 0 Å². The number of benzene rings is 2. The average Bonchev–Trinajstić information content (AvgIpc) is 3.13. The molecule has 2 saturated heterocycles. The van der Waals surface area contributed by atoms with Crippen LogP contribution in [0.3, 0.4) is 0 Å². The fourth-order valence-corrected chi connectivity index (χ4v) is 5.67. The molecule has 2 heterocycles. The van der Waals surface area contributed by atoms with Crippen LogP contribution in [0.5, 0.6) is 5.75 Å². The highest BCUT2D eigenvalue weighted by atomic mass is 32.2. The Kier molecular flexibility index (Phi) is 7.50. The summed E-state index contributed by atoms with van der Waals surface area (Å²) >= 11 is 0. The molecule has 0 bridgehead atoms. The highest BCUT2D eigenvalue weighted by molar-refractivity contribution is 7.94. The first-order chi connectivity index (χ1) is 16.4. The second-order valence-electron chi connectivity index (χ2n) is 8.15. The third-order valence-corrected chi connectivity index (χ3v) is 7.65. The van der Waals surface area contributed by atoms with E-state index in [9.17, 15) is 18.0 Å². The first kappa shape index (κ1) is 24.2. The minimum Gasteiger partial charge on any atom is -0.494 e. The van der Waals surface area contributed by atoms with Crippen LogP contribution in [0, 0.1) is 0 Å². The summed E-state index contributed by atoms with van der Waals surface area (Å²) in [4.78, 5) is 27.1. The monoisotopic (exact) mass is 487 g/mol. The van der Waals surface area contributed by atoms with Gasteiger partial charge < -0.3 is 14.8 Å². The van der Waals surface area contributed by atoms with Gasteiger partial charge in [-0.2, -0.15) is 0 Å². The topological polar surface area (TPSA) is 105 Å². The molecule has 0 spiro atoms. The molecule has 0 unspecified atom stereocenters. The zero-order chi connectivity index (χ0) is 24.1. The number of amides is 2. The van der Waals surface area contributed by atoms with Crippen LogP contribution in [0.15, 0.2) is 48.5 Å². The van der Waals surface area contributed by atoms with Gasteiger partial charge in [0.15, 0.2) is 0 Å². The van der Waals surface area contributed by atoms with E-state index in [1.165, 1.54) is 24.3 Å². The minimum absolute atomic E-state index is 0.0287. The maximum Gasteiger partial charge on any atom is 0.251 e. The molecule has 1 atom stereocenters. The Morgan fingerprint density at radius 2 is 1.76 bits per heavy atom. The van der Waals surface area contributed by atoms with Gasteiger partial charge in [0.2, 0.25) is 15.9 Å². The first-order valence-corrected chi connectivity index (χ1v) is 13.0. The van der Waals surface area contributed by atoms with Crippen molar-refractivity contribution in [3.05, 3.63) is 59.7 Å². The number of morpholine rings is 1. The van der Waals surface area contributed by atoms with Crippen molar-refractivity contribution in [2.45, 2.75) is 19.4 Å². The van der Waals surface area contributed by atoms with Crippen LogP contribution in [0.4, 0.5) is 5.69 Å². The van der Waals surface area contributed by atoms with Gasteiger partial charge in [0.1, 0.15) is 5.75 Å². The maximum atomic E-state index is 12.9. The van der Waals surface area contributed by atoms with Gasteiger partial charge in [0.25, 0.3) is 5.91 Å². The molecule has 34 heavy (non-hydrogen) atoms. The molecule has 0 radical (unpaired) electrons. The fraction of sp³-hybridized carbons (Fsp3) is 0.417. The molecule has 2 fully saturated rings. The number of sulfonamides is 1. The predicted octanol–water partition coefficient (Wildman–Crippen LogP) is 1.96. The Morgan fingerprint density at radius 1 is 1.09 bits per heavy atom. The van der Waals surface area contributed by atoms with Crippen LogP contribution in [-0.2, 0) is 19.6 Å². The fourth-order valence-electron chi connectivity index (χ4n) is 4.21. The van der Waals surface area contributed by atoms with E-state index in [4.69, 9.17) is 9.47 Å². The predicted molar refractivity (Wildman–Crippen MR) is 127 cm³/mol. The van der Waals surface area contributed by atoms with Crippen molar-refractivity contribution >= 4 is 27.5 Å². The quantitative estimate of drug-likeness (QED) is 0.607. The van der Waals surface area contributed by atoms with E-state index in [1.54, 1.807) is 0 Å². The summed E-state index contributed by atoms with van der Waals surface area (Å²) < 4.78 is 36.1. The molecule has 0 aromatic heterocycles. The van der Waals surface area contributed by atoms with Crippen molar-refractivity contribution in [3.8, 4) is 5.75 Å². The lowest BCUT2D eigenvalue weighted by Crippen LogP contribution is -2.43. The number of nitrogens with one attached hydrogen (secondary N) is 1. The number of carbonyl (C=O) groups excluding carboxylic acids is 2. The molecule has 2 aliphatic heterocycles. The Bertz CT molecular complexity index is 1110. The summed E-state index contributed by atoms with van der Waals surface area (Å²) in [6, 6.07) is 13.9. The van der Waals surface area contributed by atoms with Crippen LogP contribution in [-0.4, -0.2) is 70.3 Å². The molecule has 2 aliphatic rings. The normalized spacial score (nSPS) is 19.1. The van der Waals surface area contributed by atoms with Gasteiger partial charge in [0.05, 0.1) is 37.3 Å². The lowest BCUT2D eigenvalue weighted by molar-refractivity contribution is -0.116. The molecule has 4 rings (SSSR count). The smallest absolute Gasteiger partial charge is 0.251 e. The summed E-state index contributed by atoms with van der Waals surface area (Å²) in [6.45, 7) is 5.74. The van der Waals surface area contributed by atoms with E-state index < -0.39 is 15.9 Å². The van der Waals surface area contributed by atoms with Gasteiger partial charge in [-0.25, -0.2) is 12.7 Å². The number of hydrogen-bond acceptors (Lipinski definition) is 7. The highest BCUT2D eigenvalue weighted by Gasteiger charge is 2.36. The number of nitrogens with zero attached hydrogens (tertiary/aromatic N) is 2. The van der Waals surface area contributed by atoms with Gasteiger partial charge in [-0.3, -0.25) is 14.5 Å². The van der Waals surface area contributed by atoms with E-state index in [-0.39, 0.29) is 29.8 Å². The van der Waals surface area contributed by atoms with Crippen LogP contribution in [0.25, 0.3) is 0 Å². The zero-order valence-corrected chi connectivity index (χ0v) is 19.9. The Hall–Kier alpha value is -2.95. The summed E-state index contributed by atoms with van der Waals surface area (Å²) in [7, 11) is -3.64. The van der Waals surface area contributed by atoms with Crippen molar-refractivity contribution < 1.29 is 27.5 Å². The lowest BCUT2D eigenvalue weighted by atomic mass is 10.0. The summed E-state index contributed by atoms with van der Waals surface area (Å²) in [6.07, 6.45) is -0.0287. The molecule has 0 saturated carbocycles. The van der Waals surface area contributed by atoms with E-state index in [1.807, 2.05) is 31.2 Å². The molecule has 1 N–H and O–H groups in total. The van der Waals surface area contributed by atoms with Crippen molar-refractivity contribution in [1.82, 2.24) is 10.2 Å². The zero-order valence-electron chi connectivity index (χ0n) is 19.1. The van der Waals surface area contributed by atoms with Crippen molar-refractivity contribution in [1.29, 1.82) is 0 Å². The Morgan fingerprint density at radius 3 is 2.35 bits per heavy atom. The summed E-state index contributed by atoms with van der Waals surface area (Å²) in [5, 5.41) is 3.00. The Balaban J connectivity index is 1.45. The Labute approximate surface area is 199 Å². The molecule has 9 nitrogen and oxygen atoms in total. The highest BCUT2D eigenvalue weighted by Crippen LogP contribution is 2.26. The van der Waals surface area contributed by atoms with Crippen molar-refractivity contribution in [3.63, 3.8) is 0 Å². The van der Waals surface area contributed by atoms with E-state index in [2.05, 4.69) is 10.2 Å². The second kappa shape index (κ2) is 10.5. The van der Waals surface area contributed by atoms with Crippen molar-refractivity contribution in [2.75, 3.05) is 49.5 Å². The van der Waals surface area contributed by atoms with Crippen molar-refractivity contribution in [2.24, 2.45) is 0 Å². The third kappa shape index (κ3) is 5.40. The molecular formula is C24H29N3O6S. The van der Waals surface area contributed by atoms with Gasteiger partial charge in [-0.05, 0) is 48.9 Å². The molecule has 10 heteroatoms. The van der Waals surface area contributed by atoms with E-state index in [0.29, 0.717) is 31.9 Å². The van der Waals surface area contributed by atoms with Gasteiger partial charge in [0, 0.05) is 31.6 Å². The third-order valence-electron chi connectivity index (χ3n) is 5.96. The van der Waals surface area contributed by atoms with E-state index in [0.717, 1.165) is 28.7 Å². The standard InChI is InChI=1S/C24H29N3O6S/c1-2-33-21-9-5-18(6-10-21)22(26-12-14-32-15-13-26)17-25-24(29)19-3-7-20(8-4-19)27-23(28)11-16-34(27,30)31/h3-10,22H,2,11-17H2,1H3,(H,25,29)/t22-/m0/s1. The first-order valence-electron chi connectivity index (χ1n) is 11.4. The maximum absolute atomic E-state index is 12.9. The number of rotatable bonds is 8. The van der Waals surface area contributed by atoms with Crippen LogP contribution in [0.2, 0.25) is 0 Å². The second-order valence-corrected chi connectivity index (χ2v) is 10.1. The number of hydrogen-bond donors (Lipinski definition) is 1. The lowest BCUT2D eigenvalue weighted by Gasteiger charge is -2.35. The molecule has 2 amide bonds. The summed E-state index contributed by atoms with van der Waals surface area (Å²) in [5.74, 6) is -0.121. The molecule has 0 aliphatic carbocycles. The minimum atomic E-state index is -3.64. The largest absolute Gasteiger partial charge is 0.494 e. The van der Waals surface area contributed by atoms with Crippen LogP contribution >= 0.6 is 0 Å². The molecule has 2 aromatic carbocycles. The number of carbonyl (C=O) groups is 2. The van der Waals surface area contributed by atoms with Gasteiger partial charge in [-0.1, -0.05) is 12.1 Å². The average molecular weight is 488 g/mol. The van der Waals surface area contributed by atoms with Crippen LogP contribution in [0.1, 0.15) is 35.3 Å². The SMILES string of the molecule is CCOc1ccc([C@H](CNC(=O)c2ccc(N3C(=O)CCS3(=O)=O)cc2)N2CCOCC2)cc1. The number of ether oxygens (including phenoxy) is 2. The molecule has 2 aromatic rings. The van der Waals surface area contributed by atoms with Crippen LogP contribution < -0.4 is 14.4 Å². The number of anilines is 1. The van der Waals surface area contributed by atoms with E-state index >= 15 is 0 Å². The molecule has 182 valence electrons.